The maximum absolute atomic E-state index is 11.1. The Morgan fingerprint density at radius 2 is 2.06 bits per heavy atom. The molecule has 1 atom stereocenters. The van der Waals surface area contributed by atoms with Crippen LogP contribution in [0.15, 0.2) is 35.0 Å². The Balaban J connectivity index is 0.000000354. The van der Waals surface area contributed by atoms with Gasteiger partial charge in [-0.15, -0.1) is 10.2 Å². The van der Waals surface area contributed by atoms with Crippen LogP contribution in [-0.4, -0.2) is 39.5 Å². The second kappa shape index (κ2) is 10.1. The first kappa shape index (κ1) is 22.2. The van der Waals surface area contributed by atoms with Gasteiger partial charge in [-0.3, -0.25) is 4.79 Å². The van der Waals surface area contributed by atoms with Crippen LogP contribution in [0.25, 0.3) is 11.3 Å². The molecular weight excluding hydrogens is 434 g/mol. The number of nitrogens with zero attached hydrogens (tertiary/aromatic N) is 4. The molecule has 32 heavy (non-hydrogen) atoms. The van der Waals surface area contributed by atoms with Crippen molar-refractivity contribution in [2.75, 3.05) is 13.2 Å². The van der Waals surface area contributed by atoms with Crippen LogP contribution in [0.2, 0.25) is 5.15 Å². The Morgan fingerprint density at radius 3 is 2.59 bits per heavy atom. The SMILES string of the molecule is C[C@H]1CCOC1.NC(=O)c1ccc(OCc2c(-c3ccc(Cl)nc3)noc2C2CC2)nn1. The molecule has 9 nitrogen and oxygen atoms in total. The van der Waals surface area contributed by atoms with E-state index in [0.717, 1.165) is 48.9 Å². The molecule has 3 aromatic heterocycles. The normalized spacial score (nSPS) is 17.5. The topological polar surface area (TPSA) is 126 Å². The second-order valence-electron chi connectivity index (χ2n) is 7.90. The van der Waals surface area contributed by atoms with Gasteiger partial charge in [0.05, 0.1) is 5.56 Å². The van der Waals surface area contributed by atoms with E-state index in [2.05, 4.69) is 27.3 Å². The zero-order chi connectivity index (χ0) is 22.5. The Kier molecular flexibility index (Phi) is 6.96. The van der Waals surface area contributed by atoms with E-state index in [0.29, 0.717) is 16.8 Å². The molecule has 1 aliphatic heterocycles. The molecule has 0 unspecified atom stereocenters. The smallest absolute Gasteiger partial charge is 0.269 e. The fourth-order valence-electron chi connectivity index (χ4n) is 3.20. The molecule has 3 aromatic rings. The van der Waals surface area contributed by atoms with E-state index < -0.39 is 5.91 Å². The van der Waals surface area contributed by atoms with Crippen molar-refractivity contribution >= 4 is 17.5 Å². The molecule has 4 heterocycles. The summed E-state index contributed by atoms with van der Waals surface area (Å²) in [7, 11) is 0. The highest BCUT2D eigenvalue weighted by Crippen LogP contribution is 2.44. The minimum Gasteiger partial charge on any atom is -0.472 e. The molecule has 5 rings (SSSR count). The highest BCUT2D eigenvalue weighted by atomic mass is 35.5. The van der Waals surface area contributed by atoms with E-state index in [1.807, 2.05) is 6.07 Å². The molecule has 10 heteroatoms. The van der Waals surface area contributed by atoms with Gasteiger partial charge < -0.3 is 19.7 Å². The quantitative estimate of drug-likeness (QED) is 0.554. The zero-order valence-corrected chi connectivity index (χ0v) is 18.4. The molecule has 1 saturated carbocycles. The Bertz CT molecular complexity index is 1050. The molecule has 2 N–H and O–H groups in total. The van der Waals surface area contributed by atoms with Crippen molar-refractivity contribution in [3.05, 3.63) is 52.6 Å². The van der Waals surface area contributed by atoms with Gasteiger partial charge >= 0.3 is 0 Å². The van der Waals surface area contributed by atoms with Gasteiger partial charge in [-0.25, -0.2) is 4.98 Å². The third-order valence-corrected chi connectivity index (χ3v) is 5.41. The average Bonchev–Trinajstić information content (AvgIpc) is 3.37. The number of carbonyl (C=O) groups excluding carboxylic acids is 1. The van der Waals surface area contributed by atoms with Crippen LogP contribution < -0.4 is 10.5 Å². The molecule has 0 bridgehead atoms. The number of hydrogen-bond donors (Lipinski definition) is 1. The molecular formula is C22H24ClN5O4. The van der Waals surface area contributed by atoms with Crippen molar-refractivity contribution in [1.29, 1.82) is 0 Å². The van der Waals surface area contributed by atoms with Crippen LogP contribution in [0.5, 0.6) is 5.88 Å². The summed E-state index contributed by atoms with van der Waals surface area (Å²) in [4.78, 5) is 15.1. The summed E-state index contributed by atoms with van der Waals surface area (Å²) in [6, 6.07) is 6.53. The van der Waals surface area contributed by atoms with E-state index in [9.17, 15) is 4.79 Å². The maximum Gasteiger partial charge on any atom is 0.269 e. The van der Waals surface area contributed by atoms with E-state index in [1.54, 1.807) is 18.3 Å². The summed E-state index contributed by atoms with van der Waals surface area (Å²) in [6.45, 7) is 4.39. The van der Waals surface area contributed by atoms with Crippen LogP contribution in [0.1, 0.15) is 53.9 Å². The first-order chi connectivity index (χ1) is 15.5. The standard InChI is InChI=1S/C17H14ClN5O3.C5H10O/c18-13-5-3-10(7-20-13)15-11(16(26-23-15)9-1-2-9)8-25-14-6-4-12(17(19)24)21-22-14;1-5-2-3-6-4-5/h3-7,9H,1-2,8H2,(H2,19,24);5H,2-4H2,1H3/t;5-/m.0/s1. The van der Waals surface area contributed by atoms with Crippen molar-refractivity contribution in [3.8, 4) is 17.1 Å². The van der Waals surface area contributed by atoms with Crippen molar-refractivity contribution in [2.45, 2.75) is 38.7 Å². The first-order valence-corrected chi connectivity index (χ1v) is 10.8. The maximum atomic E-state index is 11.1. The lowest BCUT2D eigenvalue weighted by Gasteiger charge is -2.06. The summed E-state index contributed by atoms with van der Waals surface area (Å²) >= 11 is 5.85. The monoisotopic (exact) mass is 457 g/mol. The summed E-state index contributed by atoms with van der Waals surface area (Å²) < 4.78 is 16.3. The number of nitrogens with two attached hydrogens (primary N) is 1. The van der Waals surface area contributed by atoms with Gasteiger partial charge in [-0.2, -0.15) is 0 Å². The number of carbonyl (C=O) groups is 1. The highest BCUT2D eigenvalue weighted by Gasteiger charge is 2.33. The Labute approximate surface area is 190 Å². The Hall–Kier alpha value is -3.04. The summed E-state index contributed by atoms with van der Waals surface area (Å²) in [5.74, 6) is 1.63. The van der Waals surface area contributed by atoms with Gasteiger partial charge in [0.25, 0.3) is 5.91 Å². The van der Waals surface area contributed by atoms with E-state index >= 15 is 0 Å². The molecule has 0 aromatic carbocycles. The summed E-state index contributed by atoms with van der Waals surface area (Å²) in [5.41, 5.74) is 7.53. The van der Waals surface area contributed by atoms with Crippen molar-refractivity contribution in [1.82, 2.24) is 20.3 Å². The summed E-state index contributed by atoms with van der Waals surface area (Å²) in [6.07, 6.45) is 5.03. The molecule has 1 aliphatic carbocycles. The van der Waals surface area contributed by atoms with Gasteiger partial charge in [0.2, 0.25) is 5.88 Å². The molecule has 2 aliphatic rings. The number of halogens is 1. The lowest BCUT2D eigenvalue weighted by molar-refractivity contribution is 0.0994. The van der Waals surface area contributed by atoms with Gasteiger partial charge in [0.15, 0.2) is 5.69 Å². The van der Waals surface area contributed by atoms with Gasteiger partial charge in [-0.1, -0.05) is 23.7 Å². The predicted octanol–water partition coefficient (Wildman–Crippen LogP) is 3.78. The first-order valence-electron chi connectivity index (χ1n) is 10.5. The molecule has 0 radical (unpaired) electrons. The number of primary amides is 1. The van der Waals surface area contributed by atoms with Crippen LogP contribution in [0.3, 0.4) is 0 Å². The van der Waals surface area contributed by atoms with Crippen molar-refractivity contribution in [2.24, 2.45) is 11.7 Å². The van der Waals surface area contributed by atoms with Gasteiger partial charge in [0.1, 0.15) is 23.2 Å². The number of hydrogen-bond acceptors (Lipinski definition) is 8. The lowest BCUT2D eigenvalue weighted by atomic mass is 10.1. The molecule has 0 spiro atoms. The molecule has 1 amide bonds. The van der Waals surface area contributed by atoms with Crippen LogP contribution in [0.4, 0.5) is 0 Å². The number of ether oxygens (including phenoxy) is 2. The molecule has 168 valence electrons. The molecule has 1 saturated heterocycles. The van der Waals surface area contributed by atoms with Crippen LogP contribution in [-0.2, 0) is 11.3 Å². The van der Waals surface area contributed by atoms with Crippen molar-refractivity contribution < 1.29 is 18.8 Å². The number of amides is 1. The van der Waals surface area contributed by atoms with Crippen molar-refractivity contribution in [3.63, 3.8) is 0 Å². The minimum atomic E-state index is -0.642. The number of pyridine rings is 1. The number of aromatic nitrogens is 4. The van der Waals surface area contributed by atoms with E-state index in [4.69, 9.17) is 31.3 Å². The third-order valence-electron chi connectivity index (χ3n) is 5.18. The van der Waals surface area contributed by atoms with Crippen LogP contribution in [0, 0.1) is 5.92 Å². The Morgan fingerprint density at radius 1 is 1.22 bits per heavy atom. The number of rotatable bonds is 6. The lowest BCUT2D eigenvalue weighted by Crippen LogP contribution is -2.13. The average molecular weight is 458 g/mol. The van der Waals surface area contributed by atoms with E-state index in [-0.39, 0.29) is 18.2 Å². The summed E-state index contributed by atoms with van der Waals surface area (Å²) in [5, 5.41) is 12.2. The zero-order valence-electron chi connectivity index (χ0n) is 17.7. The fraction of sp³-hybridized carbons (Fsp3) is 0.409. The second-order valence-corrected chi connectivity index (χ2v) is 8.28. The fourth-order valence-corrected chi connectivity index (χ4v) is 3.31. The minimum absolute atomic E-state index is 0.0777. The van der Waals surface area contributed by atoms with E-state index in [1.165, 1.54) is 12.5 Å². The predicted molar refractivity (Wildman–Crippen MR) is 116 cm³/mol. The molecule has 2 fully saturated rings. The van der Waals surface area contributed by atoms with Gasteiger partial charge in [-0.05, 0) is 43.4 Å². The largest absolute Gasteiger partial charge is 0.472 e. The van der Waals surface area contributed by atoms with Gasteiger partial charge in [0, 0.05) is 37.0 Å². The highest BCUT2D eigenvalue weighted by molar-refractivity contribution is 6.29. The van der Waals surface area contributed by atoms with Crippen LogP contribution >= 0.6 is 11.6 Å². The third kappa shape index (κ3) is 5.60.